The minimum Gasteiger partial charge on any atom is -0.463 e. The molecule has 7 nitrogen and oxygen atoms in total. The summed E-state index contributed by atoms with van der Waals surface area (Å²) in [5, 5.41) is 10.6. The predicted octanol–water partition coefficient (Wildman–Crippen LogP) is 1.89. The van der Waals surface area contributed by atoms with Crippen LogP contribution in [-0.4, -0.2) is 47.8 Å². The van der Waals surface area contributed by atoms with Gasteiger partial charge in [-0.1, -0.05) is 29.8 Å². The van der Waals surface area contributed by atoms with Gasteiger partial charge in [0.05, 0.1) is 17.9 Å². The number of fused-ring (bicyclic) bond motifs is 1. The standard InChI is InChI=1S/C21H26N6O/c1-14-2-4-15(5-3-14)18-19(27-12-13-28-21(27)26-18)17-8-11-23-20(25-17)24-16-6-9-22-10-7-16/h2-5,8,11,16,20,22,24-25H,6-7,9-10,12-13H2,1H3. The number of hydrogen-bond donors (Lipinski definition) is 3. The van der Waals surface area contributed by atoms with Gasteiger partial charge in [0.15, 0.2) is 6.29 Å². The van der Waals surface area contributed by atoms with Crippen LogP contribution in [0, 0.1) is 6.92 Å². The van der Waals surface area contributed by atoms with E-state index in [2.05, 4.69) is 56.7 Å². The van der Waals surface area contributed by atoms with Gasteiger partial charge in [0.25, 0.3) is 6.01 Å². The molecule has 28 heavy (non-hydrogen) atoms. The van der Waals surface area contributed by atoms with Crippen molar-refractivity contribution in [1.82, 2.24) is 25.5 Å². The quantitative estimate of drug-likeness (QED) is 0.758. The average molecular weight is 378 g/mol. The van der Waals surface area contributed by atoms with Crippen molar-refractivity contribution in [3.05, 3.63) is 41.6 Å². The number of nitrogens with one attached hydrogen (secondary N) is 3. The molecule has 3 aliphatic heterocycles. The molecule has 1 unspecified atom stereocenters. The van der Waals surface area contributed by atoms with Crippen LogP contribution < -0.4 is 20.7 Å². The fourth-order valence-electron chi connectivity index (χ4n) is 4.04. The number of rotatable bonds is 4. The van der Waals surface area contributed by atoms with E-state index in [9.17, 15) is 0 Å². The maximum Gasteiger partial charge on any atom is 0.297 e. The van der Waals surface area contributed by atoms with Crippen LogP contribution >= 0.6 is 0 Å². The second-order valence-electron chi connectivity index (χ2n) is 7.57. The van der Waals surface area contributed by atoms with Crippen LogP contribution in [-0.2, 0) is 6.54 Å². The summed E-state index contributed by atoms with van der Waals surface area (Å²) in [6.45, 7) is 5.69. The molecule has 0 aliphatic carbocycles. The highest BCUT2D eigenvalue weighted by Gasteiger charge is 2.28. The van der Waals surface area contributed by atoms with Crippen LogP contribution in [0.4, 0.5) is 0 Å². The molecular weight excluding hydrogens is 352 g/mol. The van der Waals surface area contributed by atoms with Crippen LogP contribution in [0.3, 0.4) is 0 Å². The summed E-state index contributed by atoms with van der Waals surface area (Å²) in [4.78, 5) is 9.38. The SMILES string of the molecule is Cc1ccc(-c2nc3n(c2C2=CC=NC(NC4CCNCC4)N2)CCO3)cc1. The van der Waals surface area contributed by atoms with E-state index in [4.69, 9.17) is 9.72 Å². The molecule has 1 fully saturated rings. The zero-order valence-electron chi connectivity index (χ0n) is 16.1. The first-order valence-corrected chi connectivity index (χ1v) is 10.1. The first-order valence-electron chi connectivity index (χ1n) is 10.1. The Morgan fingerprint density at radius 2 is 2.00 bits per heavy atom. The minimum atomic E-state index is -0.123. The molecule has 4 heterocycles. The van der Waals surface area contributed by atoms with Gasteiger partial charge in [0.1, 0.15) is 12.3 Å². The van der Waals surface area contributed by atoms with Crippen LogP contribution in [0.15, 0.2) is 35.3 Å². The van der Waals surface area contributed by atoms with Crippen LogP contribution in [0.1, 0.15) is 24.1 Å². The molecule has 0 spiro atoms. The third-order valence-electron chi connectivity index (χ3n) is 5.56. The number of benzene rings is 1. The normalized spacial score (nSPS) is 21.8. The van der Waals surface area contributed by atoms with Gasteiger partial charge in [0, 0.05) is 17.8 Å². The molecule has 146 valence electrons. The van der Waals surface area contributed by atoms with Gasteiger partial charge >= 0.3 is 0 Å². The number of aryl methyl sites for hydroxylation is 1. The molecule has 1 aromatic heterocycles. The zero-order valence-corrected chi connectivity index (χ0v) is 16.1. The van der Waals surface area contributed by atoms with E-state index in [1.54, 1.807) is 0 Å². The smallest absolute Gasteiger partial charge is 0.297 e. The number of hydrogen-bond acceptors (Lipinski definition) is 6. The van der Waals surface area contributed by atoms with Gasteiger partial charge in [-0.05, 0) is 38.9 Å². The van der Waals surface area contributed by atoms with Gasteiger partial charge in [-0.3, -0.25) is 14.9 Å². The Kier molecular flexibility index (Phi) is 4.62. The zero-order chi connectivity index (χ0) is 18.9. The number of nitrogens with zero attached hydrogens (tertiary/aromatic N) is 3. The third-order valence-corrected chi connectivity index (χ3v) is 5.56. The lowest BCUT2D eigenvalue weighted by Crippen LogP contribution is -2.50. The number of aliphatic imine (C=N–C) groups is 1. The van der Waals surface area contributed by atoms with Crippen molar-refractivity contribution in [1.29, 1.82) is 0 Å². The lowest BCUT2D eigenvalue weighted by molar-refractivity contribution is 0.339. The first-order chi connectivity index (χ1) is 13.8. The van der Waals surface area contributed by atoms with E-state index in [1.165, 1.54) is 5.56 Å². The molecule has 1 atom stereocenters. The number of ether oxygens (including phenoxy) is 1. The van der Waals surface area contributed by atoms with E-state index in [1.807, 2.05) is 12.3 Å². The molecule has 0 saturated carbocycles. The summed E-state index contributed by atoms with van der Waals surface area (Å²) < 4.78 is 7.91. The number of imidazole rings is 1. The number of allylic oxidation sites excluding steroid dienone is 1. The first kappa shape index (κ1) is 17.5. The molecule has 1 saturated heterocycles. The number of aromatic nitrogens is 2. The molecule has 5 rings (SSSR count). The van der Waals surface area contributed by atoms with E-state index < -0.39 is 0 Å². The maximum atomic E-state index is 5.74. The highest BCUT2D eigenvalue weighted by Crippen LogP contribution is 2.34. The predicted molar refractivity (Wildman–Crippen MR) is 110 cm³/mol. The van der Waals surface area contributed by atoms with Crippen molar-refractivity contribution in [2.45, 2.75) is 38.6 Å². The van der Waals surface area contributed by atoms with Crippen LogP contribution in [0.5, 0.6) is 6.01 Å². The lowest BCUT2D eigenvalue weighted by Gasteiger charge is -2.30. The molecule has 3 N–H and O–H groups in total. The molecular formula is C21H26N6O. The van der Waals surface area contributed by atoms with Crippen LogP contribution in [0.2, 0.25) is 0 Å². The van der Waals surface area contributed by atoms with Crippen molar-refractivity contribution in [2.75, 3.05) is 19.7 Å². The van der Waals surface area contributed by atoms with Crippen molar-refractivity contribution < 1.29 is 4.74 Å². The molecule has 0 amide bonds. The lowest BCUT2D eigenvalue weighted by atomic mass is 10.1. The largest absolute Gasteiger partial charge is 0.463 e. The van der Waals surface area contributed by atoms with Gasteiger partial charge in [-0.25, -0.2) is 0 Å². The van der Waals surface area contributed by atoms with E-state index >= 15 is 0 Å². The second-order valence-corrected chi connectivity index (χ2v) is 7.57. The van der Waals surface area contributed by atoms with E-state index in [0.29, 0.717) is 18.7 Å². The van der Waals surface area contributed by atoms with Gasteiger partial charge in [-0.15, -0.1) is 0 Å². The van der Waals surface area contributed by atoms with E-state index in [0.717, 1.165) is 55.1 Å². The van der Waals surface area contributed by atoms with Crippen molar-refractivity contribution >= 4 is 11.9 Å². The fourth-order valence-corrected chi connectivity index (χ4v) is 4.04. The molecule has 0 radical (unpaired) electrons. The summed E-state index contributed by atoms with van der Waals surface area (Å²) in [6.07, 6.45) is 6.04. The van der Waals surface area contributed by atoms with Gasteiger partial charge in [-0.2, -0.15) is 4.98 Å². The Hall–Kier alpha value is -2.64. The van der Waals surface area contributed by atoms with E-state index in [-0.39, 0.29) is 6.29 Å². The summed E-state index contributed by atoms with van der Waals surface area (Å²) in [6, 6.07) is 9.66. The van der Waals surface area contributed by atoms with Crippen molar-refractivity contribution in [3.8, 4) is 17.3 Å². The second kappa shape index (κ2) is 7.41. The highest BCUT2D eigenvalue weighted by molar-refractivity contribution is 5.88. The molecule has 1 aromatic carbocycles. The molecule has 7 heteroatoms. The summed E-state index contributed by atoms with van der Waals surface area (Å²) in [7, 11) is 0. The maximum absolute atomic E-state index is 5.74. The Morgan fingerprint density at radius 1 is 1.18 bits per heavy atom. The molecule has 0 bridgehead atoms. The Labute approximate surface area is 164 Å². The Bertz CT molecular complexity index is 908. The van der Waals surface area contributed by atoms with Crippen LogP contribution in [0.25, 0.3) is 17.0 Å². The molecule has 2 aromatic rings. The highest BCUT2D eigenvalue weighted by atomic mass is 16.5. The number of piperidine rings is 1. The third kappa shape index (κ3) is 3.31. The van der Waals surface area contributed by atoms with Gasteiger partial charge < -0.3 is 15.4 Å². The topological polar surface area (TPSA) is 75.5 Å². The monoisotopic (exact) mass is 378 g/mol. The van der Waals surface area contributed by atoms with Crippen molar-refractivity contribution in [2.24, 2.45) is 4.99 Å². The summed E-state index contributed by atoms with van der Waals surface area (Å²) >= 11 is 0. The molecule has 3 aliphatic rings. The van der Waals surface area contributed by atoms with Crippen molar-refractivity contribution in [3.63, 3.8) is 0 Å². The fraction of sp³-hybridized carbons (Fsp3) is 0.429. The van der Waals surface area contributed by atoms with Gasteiger partial charge in [0.2, 0.25) is 0 Å². The summed E-state index contributed by atoms with van der Waals surface area (Å²) in [5.41, 5.74) is 5.38. The Morgan fingerprint density at radius 3 is 2.82 bits per heavy atom. The average Bonchev–Trinajstić information content (AvgIpc) is 3.31. The Balaban J connectivity index is 1.44. The minimum absolute atomic E-state index is 0.123. The summed E-state index contributed by atoms with van der Waals surface area (Å²) in [5.74, 6) is 0.